The second kappa shape index (κ2) is 5.14. The van der Waals surface area contributed by atoms with Crippen LogP contribution in [-0.2, 0) is 0 Å². The van der Waals surface area contributed by atoms with Crippen LogP contribution in [0.25, 0.3) is 0 Å². The summed E-state index contributed by atoms with van der Waals surface area (Å²) >= 11 is 0. The monoisotopic (exact) mass is 235 g/mol. The SMILES string of the molecule is COc1ccc(C(=O)N2CCNCC2)nc1C. The fraction of sp³-hybridized carbons (Fsp3) is 0.500. The summed E-state index contributed by atoms with van der Waals surface area (Å²) in [5, 5.41) is 3.22. The van der Waals surface area contributed by atoms with Crippen LogP contribution in [0.2, 0.25) is 0 Å². The average Bonchev–Trinajstić information content (AvgIpc) is 2.39. The highest BCUT2D eigenvalue weighted by molar-refractivity contribution is 5.92. The van der Waals surface area contributed by atoms with E-state index in [2.05, 4.69) is 10.3 Å². The Bertz CT molecular complexity index is 414. The number of methoxy groups -OCH3 is 1. The molecule has 1 aliphatic rings. The van der Waals surface area contributed by atoms with Gasteiger partial charge in [-0.3, -0.25) is 4.79 Å². The lowest BCUT2D eigenvalue weighted by Gasteiger charge is -2.27. The highest BCUT2D eigenvalue weighted by Crippen LogP contribution is 2.16. The van der Waals surface area contributed by atoms with Gasteiger partial charge in [-0.25, -0.2) is 4.98 Å². The van der Waals surface area contributed by atoms with Crippen molar-refractivity contribution in [3.8, 4) is 5.75 Å². The van der Waals surface area contributed by atoms with Crippen LogP contribution in [0.4, 0.5) is 0 Å². The molecule has 1 N–H and O–H groups in total. The molecule has 2 rings (SSSR count). The lowest BCUT2D eigenvalue weighted by molar-refractivity contribution is 0.0729. The number of carbonyl (C=O) groups is 1. The van der Waals surface area contributed by atoms with Gasteiger partial charge >= 0.3 is 0 Å². The summed E-state index contributed by atoms with van der Waals surface area (Å²) in [7, 11) is 1.60. The Labute approximate surface area is 101 Å². The molecule has 5 nitrogen and oxygen atoms in total. The molecule has 1 aromatic heterocycles. The van der Waals surface area contributed by atoms with Crippen molar-refractivity contribution in [1.29, 1.82) is 0 Å². The van der Waals surface area contributed by atoms with Gasteiger partial charge in [0.25, 0.3) is 5.91 Å². The summed E-state index contributed by atoms with van der Waals surface area (Å²) in [6, 6.07) is 3.51. The quantitative estimate of drug-likeness (QED) is 0.808. The minimum Gasteiger partial charge on any atom is -0.495 e. The zero-order valence-corrected chi connectivity index (χ0v) is 10.2. The lowest BCUT2D eigenvalue weighted by Crippen LogP contribution is -2.46. The number of aromatic nitrogens is 1. The van der Waals surface area contributed by atoms with Crippen LogP contribution in [0.1, 0.15) is 16.2 Å². The maximum absolute atomic E-state index is 12.1. The molecule has 2 heterocycles. The standard InChI is InChI=1S/C12H17N3O2/c1-9-11(17-2)4-3-10(14-9)12(16)15-7-5-13-6-8-15/h3-4,13H,5-8H2,1-2H3. The number of nitrogens with one attached hydrogen (secondary N) is 1. The van der Waals surface area contributed by atoms with Crippen LogP contribution in [0.15, 0.2) is 12.1 Å². The van der Waals surface area contributed by atoms with Gasteiger partial charge < -0.3 is 15.0 Å². The van der Waals surface area contributed by atoms with Crippen molar-refractivity contribution in [3.05, 3.63) is 23.5 Å². The molecule has 92 valence electrons. The molecular formula is C12H17N3O2. The highest BCUT2D eigenvalue weighted by Gasteiger charge is 2.19. The number of rotatable bonds is 2. The molecule has 0 atom stereocenters. The van der Waals surface area contributed by atoms with Crippen LogP contribution < -0.4 is 10.1 Å². The molecule has 0 bridgehead atoms. The Morgan fingerprint density at radius 3 is 2.71 bits per heavy atom. The number of aryl methyl sites for hydroxylation is 1. The number of nitrogens with zero attached hydrogens (tertiary/aromatic N) is 2. The Morgan fingerprint density at radius 2 is 2.12 bits per heavy atom. The Kier molecular flexibility index (Phi) is 3.58. The third-order valence-corrected chi connectivity index (χ3v) is 2.88. The molecule has 5 heteroatoms. The molecule has 1 aliphatic heterocycles. The Morgan fingerprint density at radius 1 is 1.41 bits per heavy atom. The van der Waals surface area contributed by atoms with Gasteiger partial charge in [-0.1, -0.05) is 0 Å². The summed E-state index contributed by atoms with van der Waals surface area (Å²) in [5.74, 6) is 0.708. The van der Waals surface area contributed by atoms with Gasteiger partial charge in [0.2, 0.25) is 0 Å². The summed E-state index contributed by atoms with van der Waals surface area (Å²) in [5.41, 5.74) is 1.23. The van der Waals surface area contributed by atoms with Gasteiger partial charge in [0.1, 0.15) is 11.4 Å². The van der Waals surface area contributed by atoms with E-state index in [9.17, 15) is 4.79 Å². The molecular weight excluding hydrogens is 218 g/mol. The number of hydrogen-bond donors (Lipinski definition) is 1. The Balaban J connectivity index is 2.16. The first-order valence-corrected chi connectivity index (χ1v) is 5.74. The maximum Gasteiger partial charge on any atom is 0.272 e. The van der Waals surface area contributed by atoms with Crippen molar-refractivity contribution in [2.45, 2.75) is 6.92 Å². The normalized spacial score (nSPS) is 15.8. The van der Waals surface area contributed by atoms with Crippen LogP contribution in [0, 0.1) is 6.92 Å². The number of amides is 1. The van der Waals surface area contributed by atoms with E-state index in [1.54, 1.807) is 19.2 Å². The highest BCUT2D eigenvalue weighted by atomic mass is 16.5. The van der Waals surface area contributed by atoms with Crippen molar-refractivity contribution in [3.63, 3.8) is 0 Å². The van der Waals surface area contributed by atoms with Gasteiger partial charge in [-0.2, -0.15) is 0 Å². The molecule has 0 spiro atoms. The summed E-state index contributed by atoms with van der Waals surface area (Å²) < 4.78 is 5.13. The second-order valence-corrected chi connectivity index (χ2v) is 4.03. The third kappa shape index (κ3) is 2.55. The van der Waals surface area contributed by atoms with E-state index in [4.69, 9.17) is 4.74 Å². The van der Waals surface area contributed by atoms with E-state index in [1.807, 2.05) is 11.8 Å². The van der Waals surface area contributed by atoms with Gasteiger partial charge in [0.15, 0.2) is 0 Å². The van der Waals surface area contributed by atoms with Crippen molar-refractivity contribution in [1.82, 2.24) is 15.2 Å². The smallest absolute Gasteiger partial charge is 0.272 e. The number of carbonyl (C=O) groups excluding carboxylic acids is 1. The van der Waals surface area contributed by atoms with Gasteiger partial charge in [-0.05, 0) is 19.1 Å². The van der Waals surface area contributed by atoms with E-state index >= 15 is 0 Å². The number of piperazine rings is 1. The third-order valence-electron chi connectivity index (χ3n) is 2.88. The molecule has 0 aromatic carbocycles. The van der Waals surface area contributed by atoms with Crippen molar-refractivity contribution in [2.75, 3.05) is 33.3 Å². The van der Waals surface area contributed by atoms with Crippen molar-refractivity contribution in [2.24, 2.45) is 0 Å². The fourth-order valence-electron chi connectivity index (χ4n) is 1.91. The number of hydrogen-bond acceptors (Lipinski definition) is 4. The van der Waals surface area contributed by atoms with Crippen LogP contribution in [-0.4, -0.2) is 49.1 Å². The van der Waals surface area contributed by atoms with E-state index < -0.39 is 0 Å². The zero-order chi connectivity index (χ0) is 12.3. The molecule has 1 aromatic rings. The topological polar surface area (TPSA) is 54.5 Å². The first-order chi connectivity index (χ1) is 8.22. The van der Waals surface area contributed by atoms with Crippen LogP contribution >= 0.6 is 0 Å². The summed E-state index contributed by atoms with van der Waals surface area (Å²) in [4.78, 5) is 18.3. The summed E-state index contributed by atoms with van der Waals surface area (Å²) in [6.45, 7) is 5.02. The largest absolute Gasteiger partial charge is 0.495 e. The van der Waals surface area contributed by atoms with E-state index in [-0.39, 0.29) is 5.91 Å². The van der Waals surface area contributed by atoms with Gasteiger partial charge in [0, 0.05) is 26.2 Å². The molecule has 0 aliphatic carbocycles. The lowest BCUT2D eigenvalue weighted by atomic mass is 10.2. The van der Waals surface area contributed by atoms with E-state index in [0.29, 0.717) is 11.4 Å². The molecule has 0 saturated carbocycles. The van der Waals surface area contributed by atoms with Crippen molar-refractivity contribution >= 4 is 5.91 Å². The van der Waals surface area contributed by atoms with Crippen molar-refractivity contribution < 1.29 is 9.53 Å². The van der Waals surface area contributed by atoms with E-state index in [1.165, 1.54) is 0 Å². The summed E-state index contributed by atoms with van der Waals surface area (Å²) in [6.07, 6.45) is 0. The Hall–Kier alpha value is -1.62. The van der Waals surface area contributed by atoms with Crippen LogP contribution in [0.3, 0.4) is 0 Å². The molecule has 1 saturated heterocycles. The molecule has 0 radical (unpaired) electrons. The molecule has 1 fully saturated rings. The minimum atomic E-state index is -0.00254. The van der Waals surface area contributed by atoms with Crippen LogP contribution in [0.5, 0.6) is 5.75 Å². The number of ether oxygens (including phenoxy) is 1. The van der Waals surface area contributed by atoms with Gasteiger partial charge in [0.05, 0.1) is 12.8 Å². The first kappa shape index (κ1) is 11.9. The molecule has 0 unspecified atom stereocenters. The fourth-order valence-corrected chi connectivity index (χ4v) is 1.91. The maximum atomic E-state index is 12.1. The molecule has 17 heavy (non-hydrogen) atoms. The zero-order valence-electron chi connectivity index (χ0n) is 10.2. The van der Waals surface area contributed by atoms with E-state index in [0.717, 1.165) is 31.9 Å². The van der Waals surface area contributed by atoms with Gasteiger partial charge in [-0.15, -0.1) is 0 Å². The molecule has 1 amide bonds. The second-order valence-electron chi connectivity index (χ2n) is 4.03. The predicted molar refractivity (Wildman–Crippen MR) is 64.3 cm³/mol. The average molecular weight is 235 g/mol. The predicted octanol–water partition coefficient (Wildman–Crippen LogP) is 0.444. The number of pyridine rings is 1. The minimum absolute atomic E-state index is 0.00254. The first-order valence-electron chi connectivity index (χ1n) is 5.74.